The highest BCUT2D eigenvalue weighted by Gasteiger charge is 2.46. The zero-order valence-corrected chi connectivity index (χ0v) is 30.3. The van der Waals surface area contributed by atoms with Gasteiger partial charge in [-0.15, -0.1) is 0 Å². The molecule has 0 aliphatic carbocycles. The predicted octanol–water partition coefficient (Wildman–Crippen LogP) is 6.82. The SMILES string of the molecule is CCCCN1C(=O)N(c2ccc(N3CCN(c4ccc(OCC5COC(Cn6ccnc6)(c6ccc(Cl)cc6Cl)O5)cc4)CC3)cc2)C(=O)C1C. The van der Waals surface area contributed by atoms with Crippen LogP contribution in [0.3, 0.4) is 0 Å². The molecule has 0 spiro atoms. The van der Waals surface area contributed by atoms with Gasteiger partial charge in [-0.2, -0.15) is 0 Å². The van der Waals surface area contributed by atoms with Gasteiger partial charge in [0.1, 0.15) is 24.5 Å². The smallest absolute Gasteiger partial charge is 0.332 e. The molecular weight excluding hydrogens is 691 g/mol. The minimum absolute atomic E-state index is 0.169. The van der Waals surface area contributed by atoms with Gasteiger partial charge in [0.15, 0.2) is 0 Å². The first-order valence-electron chi connectivity index (χ1n) is 17.4. The van der Waals surface area contributed by atoms with Gasteiger partial charge >= 0.3 is 6.03 Å². The summed E-state index contributed by atoms with van der Waals surface area (Å²) in [6, 6.07) is 20.5. The first-order chi connectivity index (χ1) is 24.7. The number of hydrogen-bond acceptors (Lipinski definition) is 8. The van der Waals surface area contributed by atoms with E-state index < -0.39 is 11.8 Å². The fourth-order valence-electron chi connectivity index (χ4n) is 6.92. The Morgan fingerprint density at radius 1 is 0.922 bits per heavy atom. The number of urea groups is 1. The molecule has 4 aromatic rings. The number of amides is 3. The van der Waals surface area contributed by atoms with Crippen molar-refractivity contribution in [3.05, 3.63) is 101 Å². The van der Waals surface area contributed by atoms with Crippen LogP contribution in [0.25, 0.3) is 0 Å². The normalized spacial score (nSPS) is 22.4. The largest absolute Gasteiger partial charge is 0.491 e. The van der Waals surface area contributed by atoms with E-state index in [-0.39, 0.29) is 18.0 Å². The summed E-state index contributed by atoms with van der Waals surface area (Å²) in [5, 5.41) is 1.01. The van der Waals surface area contributed by atoms with E-state index in [4.69, 9.17) is 37.4 Å². The zero-order chi connectivity index (χ0) is 35.5. The summed E-state index contributed by atoms with van der Waals surface area (Å²) >= 11 is 12.8. The van der Waals surface area contributed by atoms with Gasteiger partial charge in [0.2, 0.25) is 5.79 Å². The van der Waals surface area contributed by atoms with Crippen molar-refractivity contribution in [3.63, 3.8) is 0 Å². The molecule has 3 unspecified atom stereocenters. The highest BCUT2D eigenvalue weighted by Crippen LogP contribution is 2.41. The van der Waals surface area contributed by atoms with Gasteiger partial charge in [-0.1, -0.05) is 42.6 Å². The van der Waals surface area contributed by atoms with Gasteiger partial charge in [0, 0.05) is 67.1 Å². The second-order valence-electron chi connectivity index (χ2n) is 13.1. The van der Waals surface area contributed by atoms with Crippen LogP contribution in [0, 0.1) is 0 Å². The van der Waals surface area contributed by atoms with Crippen molar-refractivity contribution >= 4 is 52.2 Å². The summed E-state index contributed by atoms with van der Waals surface area (Å²) in [6.07, 6.45) is 6.81. The third kappa shape index (κ3) is 7.39. The number of aromatic nitrogens is 2. The first-order valence-corrected chi connectivity index (χ1v) is 18.2. The number of carbonyl (C=O) groups is 2. The van der Waals surface area contributed by atoms with Gasteiger partial charge < -0.3 is 33.5 Å². The average molecular weight is 734 g/mol. The molecule has 0 bridgehead atoms. The van der Waals surface area contributed by atoms with Gasteiger partial charge in [-0.05, 0) is 74.0 Å². The van der Waals surface area contributed by atoms with E-state index in [0.717, 1.165) is 56.1 Å². The Kier molecular flexibility index (Phi) is 10.4. The number of halogens is 2. The lowest BCUT2D eigenvalue weighted by Crippen LogP contribution is -2.46. The van der Waals surface area contributed by atoms with E-state index in [2.05, 4.69) is 33.8 Å². The van der Waals surface area contributed by atoms with Crippen LogP contribution in [0.4, 0.5) is 21.9 Å². The van der Waals surface area contributed by atoms with E-state index in [1.807, 2.05) is 53.2 Å². The fraction of sp³-hybridized carbons (Fsp3) is 0.395. The Balaban J connectivity index is 0.914. The topological polar surface area (TPSA) is 92.6 Å². The molecule has 0 radical (unpaired) electrons. The van der Waals surface area contributed by atoms with Crippen molar-refractivity contribution < 1.29 is 23.8 Å². The van der Waals surface area contributed by atoms with Crippen molar-refractivity contribution in [2.24, 2.45) is 0 Å². The summed E-state index contributed by atoms with van der Waals surface area (Å²) < 4.78 is 20.9. The maximum absolute atomic E-state index is 13.0. The summed E-state index contributed by atoms with van der Waals surface area (Å²) in [7, 11) is 0. The summed E-state index contributed by atoms with van der Waals surface area (Å²) in [5.41, 5.74) is 3.52. The van der Waals surface area contributed by atoms with Crippen LogP contribution in [0.1, 0.15) is 32.3 Å². The summed E-state index contributed by atoms with van der Waals surface area (Å²) in [6.45, 7) is 8.90. The molecule has 3 saturated heterocycles. The molecule has 7 rings (SSSR count). The molecule has 3 aromatic carbocycles. The monoisotopic (exact) mass is 732 g/mol. The molecule has 1 aromatic heterocycles. The maximum Gasteiger partial charge on any atom is 0.332 e. The van der Waals surface area contributed by atoms with Crippen molar-refractivity contribution in [3.8, 4) is 5.75 Å². The van der Waals surface area contributed by atoms with Crippen LogP contribution in [-0.4, -0.2) is 84.5 Å². The quantitative estimate of drug-likeness (QED) is 0.147. The molecule has 51 heavy (non-hydrogen) atoms. The molecule has 3 fully saturated rings. The number of ether oxygens (including phenoxy) is 3. The Morgan fingerprint density at radius 3 is 2.22 bits per heavy atom. The molecule has 0 N–H and O–H groups in total. The number of piperazine rings is 1. The van der Waals surface area contributed by atoms with Crippen molar-refractivity contribution in [1.82, 2.24) is 14.5 Å². The number of imide groups is 1. The number of carbonyl (C=O) groups excluding carboxylic acids is 2. The number of anilines is 3. The first kappa shape index (κ1) is 35.1. The maximum atomic E-state index is 13.0. The lowest BCUT2D eigenvalue weighted by molar-refractivity contribution is -0.189. The Bertz CT molecular complexity index is 1820. The number of unbranched alkanes of at least 4 members (excludes halogenated alkanes) is 1. The van der Waals surface area contributed by atoms with Crippen LogP contribution < -0.4 is 19.4 Å². The van der Waals surface area contributed by atoms with Crippen molar-refractivity contribution in [1.29, 1.82) is 0 Å². The molecule has 3 amide bonds. The van der Waals surface area contributed by atoms with E-state index in [1.54, 1.807) is 36.5 Å². The van der Waals surface area contributed by atoms with Gasteiger partial charge in [0.25, 0.3) is 5.91 Å². The highest BCUT2D eigenvalue weighted by atomic mass is 35.5. The van der Waals surface area contributed by atoms with Gasteiger partial charge in [0.05, 0.1) is 30.2 Å². The summed E-state index contributed by atoms with van der Waals surface area (Å²) in [5.74, 6) is -0.529. The number of nitrogens with zero attached hydrogens (tertiary/aromatic N) is 6. The molecule has 268 valence electrons. The molecule has 4 heterocycles. The molecule has 3 aliphatic heterocycles. The van der Waals surface area contributed by atoms with Crippen LogP contribution >= 0.6 is 23.2 Å². The van der Waals surface area contributed by atoms with Gasteiger partial charge in [-0.3, -0.25) is 4.79 Å². The molecule has 3 atom stereocenters. The Hall–Kier alpha value is -4.29. The number of benzene rings is 3. The van der Waals surface area contributed by atoms with Crippen molar-refractivity contribution in [2.45, 2.75) is 51.2 Å². The third-order valence-corrected chi connectivity index (χ3v) is 10.3. The summed E-state index contributed by atoms with van der Waals surface area (Å²) in [4.78, 5) is 37.8. The van der Waals surface area contributed by atoms with Crippen LogP contribution in [0.15, 0.2) is 85.5 Å². The molecule has 11 nitrogen and oxygen atoms in total. The Labute approximate surface area is 308 Å². The van der Waals surface area contributed by atoms with Crippen LogP contribution in [0.5, 0.6) is 5.75 Å². The predicted molar refractivity (Wildman–Crippen MR) is 198 cm³/mol. The molecule has 3 aliphatic rings. The second-order valence-corrected chi connectivity index (χ2v) is 14.0. The number of imidazole rings is 1. The van der Waals surface area contributed by atoms with Crippen LogP contribution in [-0.2, 0) is 26.6 Å². The lowest BCUT2D eigenvalue weighted by atomic mass is 10.1. The molecular formula is C38H42Cl2N6O5. The lowest BCUT2D eigenvalue weighted by Gasteiger charge is -2.37. The molecule has 13 heteroatoms. The van der Waals surface area contributed by atoms with Gasteiger partial charge in [-0.25, -0.2) is 14.7 Å². The molecule has 0 saturated carbocycles. The average Bonchev–Trinajstić information content (AvgIpc) is 3.86. The Morgan fingerprint density at radius 2 is 1.59 bits per heavy atom. The highest BCUT2D eigenvalue weighted by molar-refractivity contribution is 6.35. The minimum Gasteiger partial charge on any atom is -0.491 e. The van der Waals surface area contributed by atoms with Crippen molar-refractivity contribution in [2.75, 3.05) is 60.6 Å². The van der Waals surface area contributed by atoms with E-state index in [9.17, 15) is 9.59 Å². The van der Waals surface area contributed by atoms with E-state index in [1.165, 1.54) is 4.90 Å². The minimum atomic E-state index is -1.11. The standard InChI is InChI=1S/C38H42Cl2N6O5/c1-3-4-16-45-27(2)36(47)46(37(45)48)31-8-6-29(7-9-31)43-18-20-44(21-19-43)30-10-12-32(13-11-30)49-23-33-24-50-38(51-33,25-42-17-15-41-26-42)34-14-5-28(39)22-35(34)40/h5-15,17,22,26-27,33H,3-4,16,18-21,23-25H2,1-2H3. The number of hydrogen-bond donors (Lipinski definition) is 0. The third-order valence-electron chi connectivity index (χ3n) is 9.78. The number of rotatable bonds is 12. The van der Waals surface area contributed by atoms with Crippen LogP contribution in [0.2, 0.25) is 10.0 Å². The van der Waals surface area contributed by atoms with E-state index >= 15 is 0 Å². The zero-order valence-electron chi connectivity index (χ0n) is 28.8. The fourth-order valence-corrected chi connectivity index (χ4v) is 7.47. The van der Waals surface area contributed by atoms with E-state index in [0.29, 0.717) is 47.6 Å². The second kappa shape index (κ2) is 15.1.